The number of carbonyl (C=O) groups is 1. The van der Waals surface area contributed by atoms with Gasteiger partial charge in [0, 0.05) is 29.2 Å². The Morgan fingerprint density at radius 1 is 1.06 bits per heavy atom. The maximum absolute atomic E-state index is 13.5. The average Bonchev–Trinajstić information content (AvgIpc) is 3.03. The highest BCUT2D eigenvalue weighted by Gasteiger charge is 2.34. The number of amidine groups is 1. The molecule has 0 saturated carbocycles. The molecule has 1 unspecified atom stereocenters. The summed E-state index contributed by atoms with van der Waals surface area (Å²) in [5, 5.41) is 19.9. The van der Waals surface area contributed by atoms with Crippen LogP contribution in [0.4, 0.5) is 0 Å². The summed E-state index contributed by atoms with van der Waals surface area (Å²) in [6.45, 7) is 17.4. The summed E-state index contributed by atoms with van der Waals surface area (Å²) in [6, 6.07) is 12.0. The summed E-state index contributed by atoms with van der Waals surface area (Å²) in [4.78, 5) is 15.5. The molecule has 1 heterocycles. The molecule has 0 bridgehead atoms. The summed E-state index contributed by atoms with van der Waals surface area (Å²) in [5.74, 6) is 0.958. The van der Waals surface area contributed by atoms with Gasteiger partial charge in [0.25, 0.3) is 0 Å². The van der Waals surface area contributed by atoms with Crippen LogP contribution >= 0.6 is 0 Å². The zero-order chi connectivity index (χ0) is 26.1. The minimum Gasteiger partial charge on any atom is -0.507 e. The molecule has 1 saturated heterocycles. The van der Waals surface area contributed by atoms with Gasteiger partial charge in [0.1, 0.15) is 11.6 Å². The summed E-state index contributed by atoms with van der Waals surface area (Å²) < 4.78 is 0. The van der Waals surface area contributed by atoms with Crippen molar-refractivity contribution in [2.24, 2.45) is 5.92 Å². The van der Waals surface area contributed by atoms with E-state index in [9.17, 15) is 9.90 Å². The van der Waals surface area contributed by atoms with Crippen molar-refractivity contribution in [3.05, 3.63) is 69.8 Å². The number of nitrogens with one attached hydrogen (secondary N) is 1. The van der Waals surface area contributed by atoms with Crippen LogP contribution in [0.15, 0.2) is 42.0 Å². The molecule has 4 heteroatoms. The van der Waals surface area contributed by atoms with Crippen molar-refractivity contribution in [1.29, 1.82) is 5.41 Å². The maximum atomic E-state index is 13.5. The molecule has 2 aromatic carbocycles. The molecule has 0 spiro atoms. The maximum Gasteiger partial charge on any atom is 0.182 e. The second-order valence-electron chi connectivity index (χ2n) is 12.1. The molecule has 2 N–H and O–H groups in total. The summed E-state index contributed by atoms with van der Waals surface area (Å²) in [5.41, 5.74) is 4.90. The third-order valence-corrected chi connectivity index (χ3v) is 6.89. The molecule has 0 amide bonds. The van der Waals surface area contributed by atoms with Crippen molar-refractivity contribution < 1.29 is 9.90 Å². The molecule has 2 aromatic rings. The molecule has 4 nitrogen and oxygen atoms in total. The van der Waals surface area contributed by atoms with Gasteiger partial charge >= 0.3 is 0 Å². The summed E-state index contributed by atoms with van der Waals surface area (Å²) in [7, 11) is 0. The van der Waals surface area contributed by atoms with Gasteiger partial charge in [-0.15, -0.1) is 0 Å². The summed E-state index contributed by atoms with van der Waals surface area (Å²) in [6.07, 6.45) is 4.14. The number of phenols is 1. The number of benzene rings is 2. The van der Waals surface area contributed by atoms with Crippen molar-refractivity contribution in [3.63, 3.8) is 0 Å². The standard InChI is InChI=1S/C31H42N2O2/c1-9-10-22-18-33(29(32)24(22)15-21-13-11-20(2)12-14-21)19-27(34)23-16-25(30(3,4)5)28(35)26(17-23)31(6,7)8/h11-17,22,32,35H,9-10,18-19H2,1-8H3/b24-15+,32-29?. The molecular weight excluding hydrogens is 432 g/mol. The number of phenolic OH excluding ortho intramolecular Hbond substituents is 1. The molecule has 0 aromatic heterocycles. The molecule has 1 aliphatic heterocycles. The van der Waals surface area contributed by atoms with Crippen molar-refractivity contribution in [2.75, 3.05) is 13.1 Å². The number of ketones is 1. The Bertz CT molecular complexity index is 1090. The Balaban J connectivity index is 1.93. The van der Waals surface area contributed by atoms with Gasteiger partial charge in [0.2, 0.25) is 0 Å². The second kappa shape index (κ2) is 10.0. The zero-order valence-corrected chi connectivity index (χ0v) is 22.7. The van der Waals surface area contributed by atoms with Crippen LogP contribution in [0.25, 0.3) is 6.08 Å². The largest absolute Gasteiger partial charge is 0.507 e. The summed E-state index contributed by atoms with van der Waals surface area (Å²) >= 11 is 0. The normalized spacial score (nSPS) is 17.9. The topological polar surface area (TPSA) is 64.4 Å². The third-order valence-electron chi connectivity index (χ3n) is 6.89. The molecule has 35 heavy (non-hydrogen) atoms. The first-order valence-electron chi connectivity index (χ1n) is 12.8. The highest BCUT2D eigenvalue weighted by atomic mass is 16.3. The van der Waals surface area contributed by atoms with Crippen molar-refractivity contribution in [1.82, 2.24) is 4.90 Å². The molecule has 1 fully saturated rings. The van der Waals surface area contributed by atoms with Crippen LogP contribution in [-0.2, 0) is 10.8 Å². The van der Waals surface area contributed by atoms with Crippen LogP contribution in [0.5, 0.6) is 5.75 Å². The number of likely N-dealkylation sites (tertiary alicyclic amines) is 1. The number of hydrogen-bond donors (Lipinski definition) is 2. The van der Waals surface area contributed by atoms with Gasteiger partial charge in [0.05, 0.1) is 6.54 Å². The van der Waals surface area contributed by atoms with Crippen LogP contribution in [0.2, 0.25) is 0 Å². The Morgan fingerprint density at radius 3 is 2.09 bits per heavy atom. The smallest absolute Gasteiger partial charge is 0.182 e. The Labute approximate surface area is 211 Å². The lowest BCUT2D eigenvalue weighted by Crippen LogP contribution is -2.31. The second-order valence-corrected chi connectivity index (χ2v) is 12.1. The molecule has 0 aliphatic carbocycles. The Hall–Kier alpha value is -2.88. The van der Waals surface area contributed by atoms with Crippen LogP contribution in [0, 0.1) is 18.3 Å². The first-order valence-corrected chi connectivity index (χ1v) is 12.8. The van der Waals surface area contributed by atoms with E-state index in [0.717, 1.165) is 35.1 Å². The van der Waals surface area contributed by atoms with Gasteiger partial charge in [0.15, 0.2) is 5.78 Å². The molecule has 0 radical (unpaired) electrons. The number of Topliss-reactive ketones (excluding diaryl/α,β-unsaturated/α-hetero) is 1. The lowest BCUT2D eigenvalue weighted by Gasteiger charge is -2.28. The van der Waals surface area contributed by atoms with E-state index in [1.807, 2.05) is 17.0 Å². The van der Waals surface area contributed by atoms with Crippen LogP contribution in [0.1, 0.15) is 93.9 Å². The number of rotatable bonds is 6. The van der Waals surface area contributed by atoms with Gasteiger partial charge in [-0.25, -0.2) is 0 Å². The Kier molecular flexibility index (Phi) is 7.64. The van der Waals surface area contributed by atoms with E-state index >= 15 is 0 Å². The third kappa shape index (κ3) is 6.04. The minimum atomic E-state index is -0.295. The van der Waals surface area contributed by atoms with E-state index in [1.54, 1.807) is 0 Å². The van der Waals surface area contributed by atoms with Crippen LogP contribution in [0.3, 0.4) is 0 Å². The zero-order valence-electron chi connectivity index (χ0n) is 22.7. The van der Waals surface area contributed by atoms with Gasteiger partial charge in [-0.05, 0) is 53.5 Å². The number of carbonyl (C=O) groups excluding carboxylic acids is 1. The first-order chi connectivity index (χ1) is 16.2. The van der Waals surface area contributed by atoms with E-state index in [4.69, 9.17) is 5.41 Å². The fourth-order valence-corrected chi connectivity index (χ4v) is 4.80. The quantitative estimate of drug-likeness (QED) is 0.433. The Morgan fingerprint density at radius 2 is 1.60 bits per heavy atom. The molecule has 1 aliphatic rings. The highest BCUT2D eigenvalue weighted by Crippen LogP contribution is 2.40. The van der Waals surface area contributed by atoms with Crippen molar-refractivity contribution in [3.8, 4) is 5.75 Å². The van der Waals surface area contributed by atoms with E-state index in [0.29, 0.717) is 17.9 Å². The molecule has 1 atom stereocenters. The fourth-order valence-electron chi connectivity index (χ4n) is 4.80. The molecule has 3 rings (SSSR count). The van der Waals surface area contributed by atoms with E-state index in [-0.39, 0.29) is 34.8 Å². The van der Waals surface area contributed by atoms with Gasteiger partial charge in [-0.1, -0.05) is 84.7 Å². The lowest BCUT2D eigenvalue weighted by atomic mass is 9.78. The van der Waals surface area contributed by atoms with Gasteiger partial charge in [-0.3, -0.25) is 10.2 Å². The predicted molar refractivity (Wildman–Crippen MR) is 147 cm³/mol. The average molecular weight is 475 g/mol. The first kappa shape index (κ1) is 26.7. The molecular formula is C31H42N2O2. The number of nitrogens with zero attached hydrogens (tertiary/aromatic N) is 1. The fraction of sp³-hybridized carbons (Fsp3) is 0.484. The highest BCUT2D eigenvalue weighted by molar-refractivity contribution is 6.06. The molecule has 188 valence electrons. The predicted octanol–water partition coefficient (Wildman–Crippen LogP) is 7.27. The minimum absolute atomic E-state index is 0.0161. The lowest BCUT2D eigenvalue weighted by molar-refractivity contribution is 0.0963. The van der Waals surface area contributed by atoms with E-state index < -0.39 is 0 Å². The van der Waals surface area contributed by atoms with Crippen LogP contribution < -0.4 is 0 Å². The SMILES string of the molecule is CCCC1CN(CC(=O)c2cc(C(C)(C)C)c(O)c(C(C)(C)C)c2)C(=N)/C1=C/c1ccc(C)cc1. The van der Waals surface area contributed by atoms with E-state index in [1.165, 1.54) is 5.56 Å². The van der Waals surface area contributed by atoms with Crippen LogP contribution in [-0.4, -0.2) is 34.7 Å². The number of aromatic hydroxyl groups is 1. The van der Waals surface area contributed by atoms with Crippen molar-refractivity contribution in [2.45, 2.75) is 79.1 Å². The van der Waals surface area contributed by atoms with Crippen molar-refractivity contribution >= 4 is 17.7 Å². The van der Waals surface area contributed by atoms with E-state index in [2.05, 4.69) is 85.7 Å². The number of hydrogen-bond acceptors (Lipinski definition) is 3. The van der Waals surface area contributed by atoms with Gasteiger partial charge < -0.3 is 10.0 Å². The number of aryl methyl sites for hydroxylation is 1. The monoisotopic (exact) mass is 474 g/mol. The van der Waals surface area contributed by atoms with Gasteiger partial charge in [-0.2, -0.15) is 0 Å².